The molecule has 3 aromatic rings. The number of nitrogens with zero attached hydrogens (tertiary/aromatic N) is 3. The molecule has 2 heterocycles. The largest absolute Gasteiger partial charge is 0.449 e. The second kappa shape index (κ2) is 7.95. The van der Waals surface area contributed by atoms with E-state index in [1.807, 2.05) is 38.1 Å². The smallest absolute Gasteiger partial charge is 0.226 e. The molecule has 0 fully saturated rings. The van der Waals surface area contributed by atoms with E-state index in [9.17, 15) is 9.59 Å². The number of carbonyl (C=O) groups excluding carboxylic acids is 2. The van der Waals surface area contributed by atoms with Crippen LogP contribution in [0.3, 0.4) is 0 Å². The number of amides is 1. The van der Waals surface area contributed by atoms with Crippen molar-refractivity contribution < 1.29 is 14.0 Å². The molecule has 0 bridgehead atoms. The lowest BCUT2D eigenvalue weighted by molar-refractivity contribution is -0.118. The number of benzene rings is 1. The number of aryl methyl sites for hydroxylation is 1. The zero-order chi connectivity index (χ0) is 19.4. The molecular weight excluding hydrogens is 342 g/mol. The molecule has 0 radical (unpaired) electrons. The predicted molar refractivity (Wildman–Crippen MR) is 103 cm³/mol. The van der Waals surface area contributed by atoms with Gasteiger partial charge in [0.1, 0.15) is 6.26 Å². The fourth-order valence-corrected chi connectivity index (χ4v) is 2.82. The van der Waals surface area contributed by atoms with Crippen molar-refractivity contribution in [3.8, 4) is 11.3 Å². The zero-order valence-corrected chi connectivity index (χ0v) is 15.6. The van der Waals surface area contributed by atoms with Crippen LogP contribution in [0, 0.1) is 6.92 Å². The molecule has 0 aliphatic heterocycles. The van der Waals surface area contributed by atoms with E-state index in [1.165, 1.54) is 12.5 Å². The molecule has 138 valence electrons. The van der Waals surface area contributed by atoms with Crippen LogP contribution < -0.4 is 4.90 Å². The van der Waals surface area contributed by atoms with Gasteiger partial charge in [0.15, 0.2) is 5.78 Å². The Bertz CT molecular complexity index is 947. The molecule has 27 heavy (non-hydrogen) atoms. The Kier molecular flexibility index (Phi) is 5.45. The summed E-state index contributed by atoms with van der Waals surface area (Å²) in [6.07, 6.45) is 5.10. The van der Waals surface area contributed by atoms with Crippen LogP contribution in [0.1, 0.15) is 35.2 Å². The molecule has 3 rings (SSSR count). The molecule has 1 aromatic carbocycles. The lowest BCUT2D eigenvalue weighted by Crippen LogP contribution is -2.25. The summed E-state index contributed by atoms with van der Waals surface area (Å²) >= 11 is 0. The minimum absolute atomic E-state index is 0.0641. The summed E-state index contributed by atoms with van der Waals surface area (Å²) in [6, 6.07) is 9.39. The number of rotatable bonds is 6. The maximum absolute atomic E-state index is 12.3. The van der Waals surface area contributed by atoms with Crippen LogP contribution in [0.15, 0.2) is 53.4 Å². The Labute approximate surface area is 157 Å². The highest BCUT2D eigenvalue weighted by atomic mass is 16.3. The van der Waals surface area contributed by atoms with Gasteiger partial charge in [-0.1, -0.05) is 13.0 Å². The maximum atomic E-state index is 12.3. The highest BCUT2D eigenvalue weighted by Gasteiger charge is 2.13. The van der Waals surface area contributed by atoms with Gasteiger partial charge in [-0.15, -0.1) is 0 Å². The number of Topliss-reactive ketones (excluding diaryl/α,β-unsaturated/α-hetero) is 1. The molecule has 0 saturated heterocycles. The Hall–Kier alpha value is -3.28. The van der Waals surface area contributed by atoms with Crippen LogP contribution in [-0.2, 0) is 11.2 Å². The molecular formula is C21H21N3O3. The van der Waals surface area contributed by atoms with E-state index in [0.29, 0.717) is 17.9 Å². The molecule has 2 aromatic heterocycles. The number of carbonyl (C=O) groups is 2. The molecule has 0 unspecified atom stereocenters. The van der Waals surface area contributed by atoms with Crippen molar-refractivity contribution in [2.24, 2.45) is 0 Å². The first-order chi connectivity index (χ1) is 13.0. The molecule has 0 spiro atoms. The van der Waals surface area contributed by atoms with Crippen molar-refractivity contribution >= 4 is 17.4 Å². The second-order valence-electron chi connectivity index (χ2n) is 6.26. The number of aromatic nitrogens is 2. The van der Waals surface area contributed by atoms with Gasteiger partial charge in [-0.3, -0.25) is 14.6 Å². The van der Waals surface area contributed by atoms with E-state index in [-0.39, 0.29) is 18.1 Å². The molecule has 6 heteroatoms. The van der Waals surface area contributed by atoms with E-state index in [0.717, 1.165) is 22.5 Å². The molecule has 1 amide bonds. The Morgan fingerprint density at radius 3 is 2.56 bits per heavy atom. The number of hydrogen-bond donors (Lipinski definition) is 0. The van der Waals surface area contributed by atoms with Gasteiger partial charge in [-0.25, -0.2) is 4.98 Å². The number of pyridine rings is 1. The number of oxazole rings is 1. The van der Waals surface area contributed by atoms with Crippen molar-refractivity contribution in [1.82, 2.24) is 9.97 Å². The second-order valence-corrected chi connectivity index (χ2v) is 6.26. The fourth-order valence-electron chi connectivity index (χ4n) is 2.82. The fraction of sp³-hybridized carbons (Fsp3) is 0.238. The van der Waals surface area contributed by atoms with Crippen molar-refractivity contribution in [3.05, 3.63) is 66.0 Å². The summed E-state index contributed by atoms with van der Waals surface area (Å²) in [5.41, 5.74) is 4.11. The van der Waals surface area contributed by atoms with Crippen molar-refractivity contribution in [1.29, 1.82) is 0 Å². The summed E-state index contributed by atoms with van der Waals surface area (Å²) in [5, 5.41) is 0. The third-order valence-corrected chi connectivity index (χ3v) is 4.43. The van der Waals surface area contributed by atoms with E-state index in [4.69, 9.17) is 4.42 Å². The molecule has 0 atom stereocenters. The summed E-state index contributed by atoms with van der Waals surface area (Å²) in [7, 11) is 1.77. The Balaban J connectivity index is 1.78. The Morgan fingerprint density at radius 2 is 1.96 bits per heavy atom. The highest BCUT2D eigenvalue weighted by Crippen LogP contribution is 2.26. The average molecular weight is 363 g/mol. The molecule has 0 aliphatic rings. The standard InChI is InChI=1S/C21H21N3O3/c1-4-21(26)24(3)16-6-7-17(14(2)11-16)18-8-5-15(13-23-18)19(25)12-20-22-9-10-27-20/h5-11,13H,4,12H2,1-3H3. The normalized spacial score (nSPS) is 10.6. The first-order valence-corrected chi connectivity index (χ1v) is 8.74. The maximum Gasteiger partial charge on any atom is 0.226 e. The highest BCUT2D eigenvalue weighted by molar-refractivity contribution is 5.97. The summed E-state index contributed by atoms with van der Waals surface area (Å²) in [5.74, 6) is 0.360. The molecule has 0 aliphatic carbocycles. The summed E-state index contributed by atoms with van der Waals surface area (Å²) in [6.45, 7) is 3.82. The molecule has 0 N–H and O–H groups in total. The minimum atomic E-state index is -0.0942. The first-order valence-electron chi connectivity index (χ1n) is 8.74. The molecule has 6 nitrogen and oxygen atoms in total. The van der Waals surface area contributed by atoms with Gasteiger partial charge in [-0.05, 0) is 36.8 Å². The number of ketones is 1. The van der Waals surface area contributed by atoms with Crippen LogP contribution in [-0.4, -0.2) is 28.7 Å². The van der Waals surface area contributed by atoms with Gasteiger partial charge >= 0.3 is 0 Å². The van der Waals surface area contributed by atoms with E-state index in [1.54, 1.807) is 24.2 Å². The van der Waals surface area contributed by atoms with Crippen molar-refractivity contribution in [2.45, 2.75) is 26.7 Å². The van der Waals surface area contributed by atoms with E-state index >= 15 is 0 Å². The van der Waals surface area contributed by atoms with E-state index in [2.05, 4.69) is 9.97 Å². The molecule has 0 saturated carbocycles. The van der Waals surface area contributed by atoms with E-state index < -0.39 is 0 Å². The monoisotopic (exact) mass is 363 g/mol. The van der Waals surface area contributed by atoms with Crippen molar-refractivity contribution in [3.63, 3.8) is 0 Å². The minimum Gasteiger partial charge on any atom is -0.449 e. The number of anilines is 1. The first kappa shape index (κ1) is 18.5. The number of hydrogen-bond acceptors (Lipinski definition) is 5. The topological polar surface area (TPSA) is 76.3 Å². The van der Waals surface area contributed by atoms with Crippen LogP contribution >= 0.6 is 0 Å². The lowest BCUT2D eigenvalue weighted by Gasteiger charge is -2.18. The van der Waals surface area contributed by atoms with Gasteiger partial charge < -0.3 is 9.32 Å². The van der Waals surface area contributed by atoms with Gasteiger partial charge in [0.2, 0.25) is 11.8 Å². The average Bonchev–Trinajstić information content (AvgIpc) is 3.19. The SMILES string of the molecule is CCC(=O)N(C)c1ccc(-c2ccc(C(=O)Cc3ncco3)cn2)c(C)c1. The summed E-state index contributed by atoms with van der Waals surface area (Å²) < 4.78 is 5.11. The van der Waals surface area contributed by atoms with Gasteiger partial charge in [-0.2, -0.15) is 0 Å². The van der Waals surface area contributed by atoms with Gasteiger partial charge in [0, 0.05) is 36.5 Å². The Morgan fingerprint density at radius 1 is 1.15 bits per heavy atom. The van der Waals surface area contributed by atoms with Crippen molar-refractivity contribution in [2.75, 3.05) is 11.9 Å². The third-order valence-electron chi connectivity index (χ3n) is 4.43. The van der Waals surface area contributed by atoms with Gasteiger partial charge in [0.05, 0.1) is 18.3 Å². The summed E-state index contributed by atoms with van der Waals surface area (Å²) in [4.78, 5) is 34.2. The zero-order valence-electron chi connectivity index (χ0n) is 15.6. The lowest BCUT2D eigenvalue weighted by atomic mass is 10.0. The van der Waals surface area contributed by atoms with Crippen LogP contribution in [0.5, 0.6) is 0 Å². The van der Waals surface area contributed by atoms with Crippen LogP contribution in [0.4, 0.5) is 5.69 Å². The van der Waals surface area contributed by atoms with Gasteiger partial charge in [0.25, 0.3) is 0 Å². The predicted octanol–water partition coefficient (Wildman–Crippen LogP) is 3.84. The third kappa shape index (κ3) is 4.11. The van der Waals surface area contributed by atoms with Crippen LogP contribution in [0.25, 0.3) is 11.3 Å². The quantitative estimate of drug-likeness (QED) is 0.622. The van der Waals surface area contributed by atoms with Crippen LogP contribution in [0.2, 0.25) is 0 Å².